The number of benzene rings is 2. The molecule has 0 bridgehead atoms. The van der Waals surface area contributed by atoms with E-state index in [1.54, 1.807) is 19.2 Å². The summed E-state index contributed by atoms with van der Waals surface area (Å²) >= 11 is 0. The molecule has 20 heavy (non-hydrogen) atoms. The Morgan fingerprint density at radius 1 is 1.00 bits per heavy atom. The Bertz CT molecular complexity index is 557. The van der Waals surface area contributed by atoms with Gasteiger partial charge in [-0.05, 0) is 28.7 Å². The van der Waals surface area contributed by atoms with Gasteiger partial charge in [-0.1, -0.05) is 36.4 Å². The third-order valence-corrected chi connectivity index (χ3v) is 2.94. The van der Waals surface area contributed by atoms with E-state index in [1.807, 2.05) is 36.4 Å². The lowest BCUT2D eigenvalue weighted by atomic mass is 9.77. The maximum absolute atomic E-state index is 9.30. The molecule has 0 aliphatic carbocycles. The molecule has 5 heteroatoms. The van der Waals surface area contributed by atoms with E-state index in [2.05, 4.69) is 0 Å². The van der Waals surface area contributed by atoms with Crippen LogP contribution in [-0.4, -0.2) is 24.3 Å². The molecule has 2 aromatic rings. The van der Waals surface area contributed by atoms with E-state index < -0.39 is 7.12 Å². The Labute approximate surface area is 118 Å². The van der Waals surface area contributed by atoms with Gasteiger partial charge in [-0.2, -0.15) is 0 Å². The van der Waals surface area contributed by atoms with Gasteiger partial charge in [-0.25, -0.2) is 0 Å². The van der Waals surface area contributed by atoms with E-state index in [9.17, 15) is 10.0 Å². The molecule has 0 unspecified atom stereocenters. The van der Waals surface area contributed by atoms with E-state index in [1.165, 1.54) is 0 Å². The predicted octanol–water partition coefficient (Wildman–Crippen LogP) is 1.09. The van der Waals surface area contributed by atoms with Crippen molar-refractivity contribution in [2.45, 2.75) is 13.2 Å². The second kappa shape index (κ2) is 7.10. The summed E-state index contributed by atoms with van der Waals surface area (Å²) < 4.78 is 10.8. The summed E-state index contributed by atoms with van der Waals surface area (Å²) in [7, 11) is 0.154. The van der Waals surface area contributed by atoms with Crippen molar-refractivity contribution in [2.75, 3.05) is 7.11 Å². The Hall–Kier alpha value is -1.82. The van der Waals surface area contributed by atoms with Gasteiger partial charge in [0.05, 0.1) is 6.61 Å². The van der Waals surface area contributed by atoms with Gasteiger partial charge in [-0.3, -0.25) is 0 Å². The molecule has 0 atom stereocenters. The van der Waals surface area contributed by atoms with Gasteiger partial charge in [0.2, 0.25) is 0 Å². The van der Waals surface area contributed by atoms with Crippen molar-refractivity contribution in [3.05, 3.63) is 59.7 Å². The first kappa shape index (κ1) is 14.6. The fourth-order valence-electron chi connectivity index (χ4n) is 1.97. The van der Waals surface area contributed by atoms with Crippen molar-refractivity contribution in [1.82, 2.24) is 0 Å². The predicted molar refractivity (Wildman–Crippen MR) is 77.8 cm³/mol. The second-order valence-electron chi connectivity index (χ2n) is 4.44. The largest absolute Gasteiger partial charge is 0.489 e. The molecule has 0 saturated heterocycles. The highest BCUT2D eigenvalue weighted by Crippen LogP contribution is 2.15. The molecule has 0 aliphatic heterocycles. The highest BCUT2D eigenvalue weighted by atomic mass is 16.5. The molecule has 0 aliphatic rings. The quantitative estimate of drug-likeness (QED) is 0.773. The van der Waals surface area contributed by atoms with Crippen LogP contribution in [0.1, 0.15) is 11.1 Å². The van der Waals surface area contributed by atoms with Crippen LogP contribution >= 0.6 is 0 Å². The second-order valence-corrected chi connectivity index (χ2v) is 4.44. The average molecular weight is 272 g/mol. The molecule has 0 radical (unpaired) electrons. The summed E-state index contributed by atoms with van der Waals surface area (Å²) in [6.07, 6.45) is 0. The number of hydrogen-bond acceptors (Lipinski definition) is 4. The van der Waals surface area contributed by atoms with Gasteiger partial charge in [0.1, 0.15) is 12.4 Å². The fraction of sp³-hybridized carbons (Fsp3) is 0.200. The third-order valence-electron chi connectivity index (χ3n) is 2.94. The molecule has 104 valence electrons. The average Bonchev–Trinajstić information content (AvgIpc) is 2.46. The molecular weight excluding hydrogens is 255 g/mol. The summed E-state index contributed by atoms with van der Waals surface area (Å²) in [5.41, 5.74) is 2.24. The topological polar surface area (TPSA) is 58.9 Å². The summed E-state index contributed by atoms with van der Waals surface area (Å²) in [5, 5.41) is 18.6. The minimum atomic E-state index is -1.49. The molecule has 4 nitrogen and oxygen atoms in total. The van der Waals surface area contributed by atoms with Crippen LogP contribution in [0.2, 0.25) is 0 Å². The van der Waals surface area contributed by atoms with E-state index in [0.29, 0.717) is 12.1 Å². The van der Waals surface area contributed by atoms with Crippen LogP contribution in [0.5, 0.6) is 5.75 Å². The van der Waals surface area contributed by atoms with Crippen molar-refractivity contribution in [2.24, 2.45) is 0 Å². The maximum atomic E-state index is 9.30. The van der Waals surface area contributed by atoms with Gasteiger partial charge >= 0.3 is 7.12 Å². The zero-order chi connectivity index (χ0) is 14.4. The Balaban J connectivity index is 2.07. The monoisotopic (exact) mass is 272 g/mol. The number of ether oxygens (including phenoxy) is 2. The zero-order valence-electron chi connectivity index (χ0n) is 11.3. The first-order valence-corrected chi connectivity index (χ1v) is 6.35. The zero-order valence-corrected chi connectivity index (χ0v) is 11.3. The van der Waals surface area contributed by atoms with E-state index in [0.717, 1.165) is 16.9 Å². The summed E-state index contributed by atoms with van der Waals surface area (Å²) in [5.74, 6) is 0.724. The van der Waals surface area contributed by atoms with Crippen molar-refractivity contribution in [3.8, 4) is 5.75 Å². The van der Waals surface area contributed by atoms with Gasteiger partial charge in [0, 0.05) is 7.11 Å². The maximum Gasteiger partial charge on any atom is 0.488 e. The van der Waals surface area contributed by atoms with Crippen LogP contribution < -0.4 is 10.2 Å². The summed E-state index contributed by atoms with van der Waals surface area (Å²) in [4.78, 5) is 0. The van der Waals surface area contributed by atoms with Crippen LogP contribution in [0.3, 0.4) is 0 Å². The molecule has 0 spiro atoms. The lowest BCUT2D eigenvalue weighted by Crippen LogP contribution is -2.33. The standard InChI is InChI=1S/C15H17BO4/c1-19-10-12-5-4-7-14(9-12)20-11-13-6-2-3-8-15(13)16(17)18/h2-9,17-18H,10-11H2,1H3. The van der Waals surface area contributed by atoms with E-state index in [-0.39, 0.29) is 6.61 Å². The first-order valence-electron chi connectivity index (χ1n) is 6.35. The lowest BCUT2D eigenvalue weighted by Gasteiger charge is -2.11. The molecule has 2 N–H and O–H groups in total. The highest BCUT2D eigenvalue weighted by Gasteiger charge is 2.15. The molecule has 0 aromatic heterocycles. The Morgan fingerprint density at radius 3 is 2.55 bits per heavy atom. The smallest absolute Gasteiger partial charge is 0.488 e. The number of methoxy groups -OCH3 is 1. The highest BCUT2D eigenvalue weighted by molar-refractivity contribution is 6.59. The van der Waals surface area contributed by atoms with Crippen LogP contribution in [0.15, 0.2) is 48.5 Å². The van der Waals surface area contributed by atoms with Gasteiger partial charge in [0.25, 0.3) is 0 Å². The Morgan fingerprint density at radius 2 is 1.80 bits per heavy atom. The van der Waals surface area contributed by atoms with Gasteiger partial charge < -0.3 is 19.5 Å². The minimum absolute atomic E-state index is 0.282. The van der Waals surface area contributed by atoms with E-state index >= 15 is 0 Å². The molecule has 0 amide bonds. The lowest BCUT2D eigenvalue weighted by molar-refractivity contribution is 0.184. The Kier molecular flexibility index (Phi) is 5.18. The molecule has 2 rings (SSSR count). The minimum Gasteiger partial charge on any atom is -0.489 e. The first-order chi connectivity index (χ1) is 9.70. The third kappa shape index (κ3) is 3.84. The molecular formula is C15H17BO4. The van der Waals surface area contributed by atoms with Gasteiger partial charge in [-0.15, -0.1) is 0 Å². The van der Waals surface area contributed by atoms with Crippen molar-refractivity contribution in [1.29, 1.82) is 0 Å². The van der Waals surface area contributed by atoms with Crippen LogP contribution in [0, 0.1) is 0 Å². The van der Waals surface area contributed by atoms with Crippen molar-refractivity contribution in [3.63, 3.8) is 0 Å². The molecule has 0 heterocycles. The SMILES string of the molecule is COCc1cccc(OCc2ccccc2B(O)O)c1. The summed E-state index contributed by atoms with van der Waals surface area (Å²) in [6.45, 7) is 0.813. The van der Waals surface area contributed by atoms with E-state index in [4.69, 9.17) is 9.47 Å². The normalized spacial score (nSPS) is 10.3. The summed E-state index contributed by atoms with van der Waals surface area (Å²) in [6, 6.07) is 14.7. The van der Waals surface area contributed by atoms with Crippen LogP contribution in [0.25, 0.3) is 0 Å². The number of hydrogen-bond donors (Lipinski definition) is 2. The van der Waals surface area contributed by atoms with Crippen LogP contribution in [0.4, 0.5) is 0 Å². The molecule has 2 aromatic carbocycles. The number of rotatable bonds is 6. The molecule has 0 fully saturated rings. The van der Waals surface area contributed by atoms with Crippen molar-refractivity contribution >= 4 is 12.6 Å². The van der Waals surface area contributed by atoms with Gasteiger partial charge in [0.15, 0.2) is 0 Å². The fourth-order valence-corrected chi connectivity index (χ4v) is 1.97. The molecule has 0 saturated carbocycles. The van der Waals surface area contributed by atoms with Crippen molar-refractivity contribution < 1.29 is 19.5 Å². The van der Waals surface area contributed by atoms with Crippen LogP contribution in [-0.2, 0) is 18.0 Å².